The number of hydrogen-bond acceptors (Lipinski definition) is 6. The number of esters is 3. The Bertz CT molecular complexity index is 1580. The second kappa shape index (κ2) is 28.7. The molecule has 0 bridgehead atoms. The van der Waals surface area contributed by atoms with E-state index >= 15 is 0 Å². The van der Waals surface area contributed by atoms with Crippen molar-refractivity contribution in [1.29, 1.82) is 0 Å². The minimum atomic E-state index is -0.692. The number of hydrogen-bond donors (Lipinski definition) is 0. The van der Waals surface area contributed by atoms with E-state index in [1.807, 2.05) is 36.4 Å². The smallest absolute Gasteiger partial charge is 0.343 e. The topological polar surface area (TPSA) is 78.9 Å². The molecule has 0 unspecified atom stereocenters. The summed E-state index contributed by atoms with van der Waals surface area (Å²) in [6.07, 6.45) is 29.2. The first kappa shape index (κ1) is 48.0. The summed E-state index contributed by atoms with van der Waals surface area (Å²) >= 11 is 0. The lowest BCUT2D eigenvalue weighted by atomic mass is 10.0. The van der Waals surface area contributed by atoms with E-state index in [4.69, 9.17) is 14.2 Å². The molecule has 0 aliphatic carbocycles. The first-order valence-electron chi connectivity index (χ1n) is 23.5. The predicted octanol–water partition coefficient (Wildman–Crippen LogP) is 15.2. The Hall–Kier alpha value is -4.71. The largest absolute Gasteiger partial charge is 0.423 e. The molecule has 0 spiro atoms. The molecular weight excluding hydrogens is 745 g/mol. The average molecular weight is 817 g/mol. The zero-order valence-corrected chi connectivity index (χ0v) is 37.1. The molecule has 0 heterocycles. The summed E-state index contributed by atoms with van der Waals surface area (Å²) in [7, 11) is 0. The fourth-order valence-electron chi connectivity index (χ4n) is 7.51. The van der Waals surface area contributed by atoms with Gasteiger partial charge in [0.25, 0.3) is 0 Å². The molecule has 6 heteroatoms. The Balaban J connectivity index is 1.40. The summed E-state index contributed by atoms with van der Waals surface area (Å²) in [6.45, 7) is 6.70. The Morgan fingerprint density at radius 2 is 0.533 bits per heavy atom. The van der Waals surface area contributed by atoms with Crippen LogP contribution in [-0.4, -0.2) is 17.9 Å². The van der Waals surface area contributed by atoms with Crippen molar-refractivity contribution in [2.45, 2.75) is 175 Å². The predicted molar refractivity (Wildman–Crippen MR) is 246 cm³/mol. The SMILES string of the molecule is CCCCCCCCCc1ccc(OC(=O)c2cc(C(=O)Oc3ccc(CCCCCCCCC)cc3)cc(C(=O)Oc3ccc(CCCCCCCCC)cc3)c2)cc1. The van der Waals surface area contributed by atoms with E-state index in [0.717, 1.165) is 38.5 Å². The van der Waals surface area contributed by atoms with Crippen LogP contribution >= 0.6 is 0 Å². The average Bonchev–Trinajstić information content (AvgIpc) is 3.27. The van der Waals surface area contributed by atoms with Gasteiger partial charge in [-0.25, -0.2) is 14.4 Å². The summed E-state index contributed by atoms with van der Waals surface area (Å²) in [5.74, 6) is -0.926. The van der Waals surface area contributed by atoms with Gasteiger partial charge in [0, 0.05) is 0 Å². The van der Waals surface area contributed by atoms with Gasteiger partial charge in [-0.05, 0) is 110 Å². The van der Waals surface area contributed by atoms with Gasteiger partial charge < -0.3 is 14.2 Å². The molecule has 4 rings (SSSR count). The van der Waals surface area contributed by atoms with Gasteiger partial charge in [0.05, 0.1) is 16.7 Å². The fourth-order valence-corrected chi connectivity index (χ4v) is 7.51. The number of rotatable bonds is 30. The van der Waals surface area contributed by atoms with E-state index < -0.39 is 17.9 Å². The van der Waals surface area contributed by atoms with Gasteiger partial charge in [-0.2, -0.15) is 0 Å². The van der Waals surface area contributed by atoms with Crippen molar-refractivity contribution in [1.82, 2.24) is 0 Å². The summed E-state index contributed by atoms with van der Waals surface area (Å²) in [5, 5.41) is 0. The fraction of sp³-hybridized carbons (Fsp3) is 0.500. The van der Waals surface area contributed by atoms with Gasteiger partial charge >= 0.3 is 17.9 Å². The first-order chi connectivity index (χ1) is 29.4. The lowest BCUT2D eigenvalue weighted by molar-refractivity contribution is 0.0734. The highest BCUT2D eigenvalue weighted by molar-refractivity contribution is 6.01. The number of benzene rings is 4. The Morgan fingerprint density at radius 1 is 0.317 bits per heavy atom. The third-order valence-corrected chi connectivity index (χ3v) is 11.2. The molecule has 0 saturated carbocycles. The van der Waals surface area contributed by atoms with Crippen LogP contribution in [0.2, 0.25) is 0 Å². The van der Waals surface area contributed by atoms with Crippen molar-refractivity contribution in [2.75, 3.05) is 0 Å². The van der Waals surface area contributed by atoms with Crippen molar-refractivity contribution < 1.29 is 28.6 Å². The molecule has 0 saturated heterocycles. The molecule has 4 aromatic rings. The number of ether oxygens (including phenoxy) is 3. The molecule has 0 N–H and O–H groups in total. The van der Waals surface area contributed by atoms with Crippen LogP contribution in [0.25, 0.3) is 0 Å². The molecule has 4 aromatic carbocycles. The number of carbonyl (C=O) groups is 3. The van der Waals surface area contributed by atoms with E-state index in [2.05, 4.69) is 20.8 Å². The van der Waals surface area contributed by atoms with Crippen LogP contribution in [0.3, 0.4) is 0 Å². The molecule has 0 aliphatic heterocycles. The van der Waals surface area contributed by atoms with Gasteiger partial charge in [0.2, 0.25) is 0 Å². The highest BCUT2D eigenvalue weighted by Crippen LogP contribution is 2.23. The zero-order chi connectivity index (χ0) is 42.6. The minimum absolute atomic E-state index is 0.0404. The van der Waals surface area contributed by atoms with Gasteiger partial charge in [-0.1, -0.05) is 173 Å². The maximum atomic E-state index is 13.6. The normalized spacial score (nSPS) is 11.1. The second-order valence-electron chi connectivity index (χ2n) is 16.5. The zero-order valence-electron chi connectivity index (χ0n) is 37.1. The van der Waals surface area contributed by atoms with Crippen LogP contribution in [0.15, 0.2) is 91.0 Å². The van der Waals surface area contributed by atoms with Crippen LogP contribution in [0.4, 0.5) is 0 Å². The van der Waals surface area contributed by atoms with E-state index in [0.29, 0.717) is 17.2 Å². The van der Waals surface area contributed by atoms with Gasteiger partial charge in [-0.3, -0.25) is 0 Å². The number of aryl methyl sites for hydroxylation is 3. The van der Waals surface area contributed by atoms with Crippen molar-refractivity contribution >= 4 is 17.9 Å². The van der Waals surface area contributed by atoms with Crippen LogP contribution in [0.1, 0.15) is 203 Å². The van der Waals surface area contributed by atoms with Gasteiger partial charge in [-0.15, -0.1) is 0 Å². The monoisotopic (exact) mass is 817 g/mol. The molecule has 0 aromatic heterocycles. The first-order valence-corrected chi connectivity index (χ1v) is 23.5. The van der Waals surface area contributed by atoms with Crippen LogP contribution < -0.4 is 14.2 Å². The molecule has 6 nitrogen and oxygen atoms in total. The Kier molecular flexibility index (Phi) is 22.9. The van der Waals surface area contributed by atoms with E-state index in [9.17, 15) is 14.4 Å². The highest BCUT2D eigenvalue weighted by atomic mass is 16.5. The van der Waals surface area contributed by atoms with Gasteiger partial charge in [0.1, 0.15) is 17.2 Å². The van der Waals surface area contributed by atoms with E-state index in [-0.39, 0.29) is 16.7 Å². The lowest BCUT2D eigenvalue weighted by Crippen LogP contribution is -2.16. The number of unbranched alkanes of at least 4 members (excludes halogenated alkanes) is 18. The van der Waals surface area contributed by atoms with Crippen molar-refractivity contribution in [3.05, 3.63) is 124 Å². The Labute approximate surface area is 361 Å². The standard InChI is InChI=1S/C54H72O6/c1-4-7-10-13-16-19-22-25-43-28-34-49(35-29-43)58-52(55)46-40-47(53(56)59-50-36-30-44(31-37-50)26-23-20-17-14-11-8-5-2)42-48(41-46)54(57)60-51-38-32-45(33-39-51)27-24-21-18-15-12-9-6-3/h28-42H,4-27H2,1-3H3. The number of carbonyl (C=O) groups excluding carboxylic acids is 3. The lowest BCUT2D eigenvalue weighted by Gasteiger charge is -2.11. The van der Waals surface area contributed by atoms with Crippen LogP contribution in [-0.2, 0) is 19.3 Å². The molecular formula is C54H72O6. The van der Waals surface area contributed by atoms with Crippen molar-refractivity contribution in [3.63, 3.8) is 0 Å². The molecule has 60 heavy (non-hydrogen) atoms. The van der Waals surface area contributed by atoms with Crippen LogP contribution in [0, 0.1) is 0 Å². The van der Waals surface area contributed by atoms with Crippen molar-refractivity contribution in [2.24, 2.45) is 0 Å². The van der Waals surface area contributed by atoms with Gasteiger partial charge in [0.15, 0.2) is 0 Å². The maximum Gasteiger partial charge on any atom is 0.343 e. The summed E-state index contributed by atoms with van der Waals surface area (Å²) in [5.41, 5.74) is 3.69. The summed E-state index contributed by atoms with van der Waals surface area (Å²) in [4.78, 5) is 40.7. The van der Waals surface area contributed by atoms with Crippen molar-refractivity contribution in [3.8, 4) is 17.2 Å². The second-order valence-corrected chi connectivity index (χ2v) is 16.5. The van der Waals surface area contributed by atoms with E-state index in [1.54, 1.807) is 36.4 Å². The molecule has 0 amide bonds. The van der Waals surface area contributed by atoms with E-state index in [1.165, 1.54) is 150 Å². The third-order valence-electron chi connectivity index (χ3n) is 11.2. The third kappa shape index (κ3) is 18.7. The Morgan fingerprint density at radius 3 is 0.767 bits per heavy atom. The summed E-state index contributed by atoms with van der Waals surface area (Å²) in [6, 6.07) is 26.8. The summed E-state index contributed by atoms with van der Waals surface area (Å²) < 4.78 is 17.3. The molecule has 0 radical (unpaired) electrons. The highest BCUT2D eigenvalue weighted by Gasteiger charge is 2.21. The molecule has 0 fully saturated rings. The maximum absolute atomic E-state index is 13.6. The molecule has 0 aliphatic rings. The molecule has 324 valence electrons. The van der Waals surface area contributed by atoms with Crippen LogP contribution in [0.5, 0.6) is 17.2 Å². The quantitative estimate of drug-likeness (QED) is 0.0296. The minimum Gasteiger partial charge on any atom is -0.423 e. The molecule has 0 atom stereocenters.